The summed E-state index contributed by atoms with van der Waals surface area (Å²) in [7, 11) is -2.12. The summed E-state index contributed by atoms with van der Waals surface area (Å²) >= 11 is 0. The molecule has 2 heterocycles. The number of piperazine rings is 1. The van der Waals surface area contributed by atoms with Crippen LogP contribution in [0.3, 0.4) is 0 Å². The van der Waals surface area contributed by atoms with Crippen molar-refractivity contribution in [3.63, 3.8) is 0 Å². The first-order valence-corrected chi connectivity index (χ1v) is 13.3. The summed E-state index contributed by atoms with van der Waals surface area (Å²) in [5.41, 5.74) is 2.24. The number of ether oxygens (including phenoxy) is 1. The van der Waals surface area contributed by atoms with E-state index in [-0.39, 0.29) is 23.4 Å². The van der Waals surface area contributed by atoms with E-state index in [9.17, 15) is 13.2 Å². The first kappa shape index (κ1) is 25.7. The number of sulfonamides is 1. The van der Waals surface area contributed by atoms with Gasteiger partial charge in [0.05, 0.1) is 24.3 Å². The van der Waals surface area contributed by atoms with Gasteiger partial charge in [-0.2, -0.15) is 0 Å². The van der Waals surface area contributed by atoms with Crippen molar-refractivity contribution >= 4 is 27.3 Å². The van der Waals surface area contributed by atoms with Crippen molar-refractivity contribution in [2.45, 2.75) is 24.8 Å². The molecule has 4 rings (SSSR count). The summed E-state index contributed by atoms with van der Waals surface area (Å²) in [6, 6.07) is 16.2. The molecule has 192 valence electrons. The Kier molecular flexibility index (Phi) is 7.97. The minimum Gasteiger partial charge on any atom is -0.497 e. The standard InChI is InChI=1S/C26H32N4O5S/c1-19-17-21(28-20(2)31)6-11-26(19)36(32,33)27-18-24(25-5-4-16-35-25)30-14-12-29(13-15-30)22-7-9-23(34-3)10-8-22/h4-11,16-17,24,27H,12-15,18H2,1-3H3,(H,28,31). The highest BCUT2D eigenvalue weighted by molar-refractivity contribution is 7.89. The van der Waals surface area contributed by atoms with Gasteiger partial charge in [0, 0.05) is 51.0 Å². The molecule has 1 amide bonds. The van der Waals surface area contributed by atoms with Gasteiger partial charge in [-0.15, -0.1) is 0 Å². The Morgan fingerprint density at radius 3 is 2.39 bits per heavy atom. The number of methoxy groups -OCH3 is 1. The number of carbonyl (C=O) groups is 1. The highest BCUT2D eigenvalue weighted by Gasteiger charge is 2.29. The number of benzene rings is 2. The maximum Gasteiger partial charge on any atom is 0.240 e. The van der Waals surface area contributed by atoms with Crippen molar-refractivity contribution in [2.24, 2.45) is 0 Å². The smallest absolute Gasteiger partial charge is 0.240 e. The van der Waals surface area contributed by atoms with E-state index in [0.717, 1.165) is 37.6 Å². The van der Waals surface area contributed by atoms with Gasteiger partial charge in [0.15, 0.2) is 0 Å². The van der Waals surface area contributed by atoms with Crippen molar-refractivity contribution in [1.82, 2.24) is 9.62 Å². The van der Waals surface area contributed by atoms with E-state index in [1.165, 1.54) is 13.0 Å². The van der Waals surface area contributed by atoms with Crippen molar-refractivity contribution in [3.05, 3.63) is 72.2 Å². The Balaban J connectivity index is 1.44. The van der Waals surface area contributed by atoms with Gasteiger partial charge in [0.1, 0.15) is 11.5 Å². The number of nitrogens with zero attached hydrogens (tertiary/aromatic N) is 2. The highest BCUT2D eigenvalue weighted by atomic mass is 32.2. The lowest BCUT2D eigenvalue weighted by Gasteiger charge is -2.39. The number of furan rings is 1. The molecule has 0 bridgehead atoms. The summed E-state index contributed by atoms with van der Waals surface area (Å²) in [6.07, 6.45) is 1.61. The molecule has 0 saturated carbocycles. The molecule has 1 aliphatic heterocycles. The van der Waals surface area contributed by atoms with Crippen LogP contribution < -0.4 is 19.7 Å². The van der Waals surface area contributed by atoms with Gasteiger partial charge in [-0.1, -0.05) is 0 Å². The number of nitrogens with one attached hydrogen (secondary N) is 2. The molecule has 9 nitrogen and oxygen atoms in total. The maximum absolute atomic E-state index is 13.2. The van der Waals surface area contributed by atoms with Gasteiger partial charge in [0.25, 0.3) is 0 Å². The third-order valence-corrected chi connectivity index (χ3v) is 7.90. The van der Waals surface area contributed by atoms with Crippen LogP contribution in [0.5, 0.6) is 5.75 Å². The second kappa shape index (κ2) is 11.2. The van der Waals surface area contributed by atoms with Gasteiger partial charge >= 0.3 is 0 Å². The summed E-state index contributed by atoms with van der Waals surface area (Å²) in [4.78, 5) is 16.0. The molecule has 1 aromatic heterocycles. The van der Waals surface area contributed by atoms with E-state index in [0.29, 0.717) is 17.0 Å². The van der Waals surface area contributed by atoms with E-state index in [1.807, 2.05) is 36.4 Å². The van der Waals surface area contributed by atoms with Gasteiger partial charge in [-0.05, 0) is 67.1 Å². The van der Waals surface area contributed by atoms with Crippen molar-refractivity contribution in [3.8, 4) is 5.75 Å². The molecule has 1 saturated heterocycles. The minimum atomic E-state index is -3.77. The maximum atomic E-state index is 13.2. The van der Waals surface area contributed by atoms with Crippen LogP contribution in [0.1, 0.15) is 24.3 Å². The Morgan fingerprint density at radius 2 is 1.81 bits per heavy atom. The van der Waals surface area contributed by atoms with E-state index < -0.39 is 10.0 Å². The number of rotatable bonds is 9. The Bertz CT molecular complexity index is 1270. The number of hydrogen-bond donors (Lipinski definition) is 2. The normalized spacial score (nSPS) is 15.5. The molecule has 10 heteroatoms. The lowest BCUT2D eigenvalue weighted by atomic mass is 10.1. The third kappa shape index (κ3) is 6.07. The SMILES string of the molecule is COc1ccc(N2CCN(C(CNS(=O)(=O)c3ccc(NC(C)=O)cc3C)c3ccco3)CC2)cc1. The van der Waals surface area contributed by atoms with Crippen LogP contribution >= 0.6 is 0 Å². The summed E-state index contributed by atoms with van der Waals surface area (Å²) in [6.45, 7) is 6.41. The highest BCUT2D eigenvalue weighted by Crippen LogP contribution is 2.27. The number of anilines is 2. The van der Waals surface area contributed by atoms with Crippen molar-refractivity contribution in [1.29, 1.82) is 0 Å². The van der Waals surface area contributed by atoms with Gasteiger partial charge in [-0.3, -0.25) is 9.69 Å². The first-order valence-electron chi connectivity index (χ1n) is 11.8. The van der Waals surface area contributed by atoms with E-state index in [1.54, 1.807) is 32.4 Å². The van der Waals surface area contributed by atoms with Gasteiger partial charge in [-0.25, -0.2) is 13.1 Å². The van der Waals surface area contributed by atoms with Crippen LogP contribution in [0.25, 0.3) is 0 Å². The number of carbonyl (C=O) groups excluding carboxylic acids is 1. The van der Waals surface area contributed by atoms with E-state index >= 15 is 0 Å². The average molecular weight is 513 g/mol. The fourth-order valence-corrected chi connectivity index (χ4v) is 5.74. The zero-order chi connectivity index (χ0) is 25.7. The molecule has 2 aromatic carbocycles. The summed E-state index contributed by atoms with van der Waals surface area (Å²) < 4.78 is 40.0. The summed E-state index contributed by atoms with van der Waals surface area (Å²) in [5.74, 6) is 1.33. The van der Waals surface area contributed by atoms with Crippen LogP contribution in [0.4, 0.5) is 11.4 Å². The lowest BCUT2D eigenvalue weighted by molar-refractivity contribution is -0.114. The van der Waals surface area contributed by atoms with Crippen molar-refractivity contribution < 1.29 is 22.4 Å². The fourth-order valence-electron chi connectivity index (χ4n) is 4.47. The predicted molar refractivity (Wildman–Crippen MR) is 139 cm³/mol. The monoisotopic (exact) mass is 512 g/mol. The average Bonchev–Trinajstić information content (AvgIpc) is 3.39. The molecule has 0 radical (unpaired) electrons. The van der Waals surface area contributed by atoms with Crippen LogP contribution in [0.15, 0.2) is 70.2 Å². The zero-order valence-corrected chi connectivity index (χ0v) is 21.5. The van der Waals surface area contributed by atoms with Gasteiger partial charge < -0.3 is 19.4 Å². The number of aryl methyl sites for hydroxylation is 1. The third-order valence-electron chi connectivity index (χ3n) is 6.32. The molecule has 3 aromatic rings. The zero-order valence-electron chi connectivity index (χ0n) is 20.7. The first-order chi connectivity index (χ1) is 17.3. The molecule has 2 N–H and O–H groups in total. The molecule has 0 spiro atoms. The lowest BCUT2D eigenvalue weighted by Crippen LogP contribution is -2.49. The van der Waals surface area contributed by atoms with Crippen LogP contribution in [0.2, 0.25) is 0 Å². The molecule has 1 unspecified atom stereocenters. The fraction of sp³-hybridized carbons (Fsp3) is 0.346. The second-order valence-corrected chi connectivity index (χ2v) is 10.5. The van der Waals surface area contributed by atoms with E-state index in [2.05, 4.69) is 19.8 Å². The van der Waals surface area contributed by atoms with Crippen LogP contribution in [-0.4, -0.2) is 59.1 Å². The molecule has 36 heavy (non-hydrogen) atoms. The van der Waals surface area contributed by atoms with E-state index in [4.69, 9.17) is 9.15 Å². The number of hydrogen-bond acceptors (Lipinski definition) is 7. The quantitative estimate of drug-likeness (QED) is 0.453. The molecule has 1 atom stereocenters. The Morgan fingerprint density at radius 1 is 1.08 bits per heavy atom. The molecule has 0 aliphatic carbocycles. The van der Waals surface area contributed by atoms with Crippen LogP contribution in [-0.2, 0) is 14.8 Å². The van der Waals surface area contributed by atoms with Crippen molar-refractivity contribution in [2.75, 3.05) is 50.1 Å². The number of amides is 1. The molecule has 1 aliphatic rings. The topological polar surface area (TPSA) is 104 Å². The Labute approximate surface area is 212 Å². The molecular formula is C26H32N4O5S. The largest absolute Gasteiger partial charge is 0.497 e. The van der Waals surface area contributed by atoms with Crippen LogP contribution in [0, 0.1) is 6.92 Å². The predicted octanol–water partition coefficient (Wildman–Crippen LogP) is 3.40. The van der Waals surface area contributed by atoms with Gasteiger partial charge in [0.2, 0.25) is 15.9 Å². The second-order valence-electron chi connectivity index (χ2n) is 8.77. The summed E-state index contributed by atoms with van der Waals surface area (Å²) in [5, 5.41) is 2.67. The molecule has 1 fully saturated rings. The minimum absolute atomic E-state index is 0.172. The Hall–Kier alpha value is -3.34. The molecular weight excluding hydrogens is 480 g/mol.